The second-order valence-corrected chi connectivity index (χ2v) is 3.85. The van der Waals surface area contributed by atoms with Crippen molar-refractivity contribution in [2.24, 2.45) is 0 Å². The van der Waals surface area contributed by atoms with E-state index in [0.717, 1.165) is 4.88 Å². The summed E-state index contributed by atoms with van der Waals surface area (Å²) < 4.78 is 9.55. The number of nitrogens with two attached hydrogens (primary N) is 1. The average Bonchev–Trinajstić information content (AvgIpc) is 2.84. The SMILES string of the molecule is COC(=O)c1ccc(-c2oncc2N)s1. The minimum absolute atomic E-state index is 0.371. The Morgan fingerprint density at radius 1 is 1.60 bits per heavy atom. The molecule has 78 valence electrons. The third-order valence-corrected chi connectivity index (χ3v) is 2.88. The zero-order valence-electron chi connectivity index (χ0n) is 7.89. The number of rotatable bonds is 2. The summed E-state index contributed by atoms with van der Waals surface area (Å²) in [5.41, 5.74) is 6.08. The maximum Gasteiger partial charge on any atom is 0.348 e. The molecule has 0 saturated heterocycles. The Morgan fingerprint density at radius 2 is 2.40 bits per heavy atom. The number of ether oxygens (including phenoxy) is 1. The lowest BCUT2D eigenvalue weighted by Crippen LogP contribution is -1.96. The first-order chi connectivity index (χ1) is 7.22. The summed E-state index contributed by atoms with van der Waals surface area (Å²) in [6.45, 7) is 0. The van der Waals surface area contributed by atoms with Crippen LogP contribution in [0.2, 0.25) is 0 Å². The predicted octanol–water partition coefficient (Wildman–Crippen LogP) is 1.77. The quantitative estimate of drug-likeness (QED) is 0.786. The van der Waals surface area contributed by atoms with Crippen molar-refractivity contribution >= 4 is 23.0 Å². The van der Waals surface area contributed by atoms with Crippen LogP contribution in [0.5, 0.6) is 0 Å². The molecular formula is C9H8N2O3S. The number of esters is 1. The molecule has 0 amide bonds. The molecule has 0 aliphatic rings. The third kappa shape index (κ3) is 1.71. The summed E-state index contributed by atoms with van der Waals surface area (Å²) in [6, 6.07) is 3.40. The molecule has 0 bridgehead atoms. The summed E-state index contributed by atoms with van der Waals surface area (Å²) >= 11 is 1.25. The second kappa shape index (κ2) is 3.74. The molecule has 2 rings (SSSR count). The van der Waals surface area contributed by atoms with Gasteiger partial charge in [-0.05, 0) is 12.1 Å². The van der Waals surface area contributed by atoms with Gasteiger partial charge in [-0.2, -0.15) is 0 Å². The Balaban J connectivity index is 2.36. The minimum Gasteiger partial charge on any atom is -0.465 e. The van der Waals surface area contributed by atoms with Gasteiger partial charge in [-0.15, -0.1) is 11.3 Å². The van der Waals surface area contributed by atoms with Crippen LogP contribution in [0.25, 0.3) is 10.6 Å². The van der Waals surface area contributed by atoms with E-state index in [2.05, 4.69) is 9.89 Å². The molecule has 0 unspecified atom stereocenters. The number of carbonyl (C=O) groups excluding carboxylic acids is 1. The Morgan fingerprint density at radius 3 is 3.00 bits per heavy atom. The molecule has 0 atom stereocenters. The van der Waals surface area contributed by atoms with Crippen LogP contribution in [-0.2, 0) is 4.74 Å². The van der Waals surface area contributed by atoms with Crippen LogP contribution in [0.3, 0.4) is 0 Å². The molecule has 0 fully saturated rings. The van der Waals surface area contributed by atoms with Crippen LogP contribution in [-0.4, -0.2) is 18.2 Å². The van der Waals surface area contributed by atoms with Gasteiger partial charge in [0.15, 0.2) is 5.76 Å². The molecule has 2 heterocycles. The normalized spacial score (nSPS) is 10.2. The first-order valence-corrected chi connectivity index (χ1v) is 4.92. The first-order valence-electron chi connectivity index (χ1n) is 4.11. The van der Waals surface area contributed by atoms with Gasteiger partial charge < -0.3 is 15.0 Å². The van der Waals surface area contributed by atoms with Gasteiger partial charge in [0.1, 0.15) is 10.6 Å². The van der Waals surface area contributed by atoms with Crippen LogP contribution in [0, 0.1) is 0 Å². The highest BCUT2D eigenvalue weighted by Gasteiger charge is 2.14. The van der Waals surface area contributed by atoms with E-state index in [1.165, 1.54) is 24.6 Å². The van der Waals surface area contributed by atoms with Crippen LogP contribution in [0.15, 0.2) is 22.9 Å². The van der Waals surface area contributed by atoms with E-state index >= 15 is 0 Å². The standard InChI is InChI=1S/C9H8N2O3S/c1-13-9(12)7-3-2-6(15-7)8-5(10)4-11-14-8/h2-4H,10H2,1H3. The minimum atomic E-state index is -0.371. The van der Waals surface area contributed by atoms with Crippen LogP contribution >= 0.6 is 11.3 Å². The molecule has 15 heavy (non-hydrogen) atoms. The van der Waals surface area contributed by atoms with Crippen molar-refractivity contribution in [1.82, 2.24) is 5.16 Å². The Kier molecular flexibility index (Phi) is 2.42. The lowest BCUT2D eigenvalue weighted by molar-refractivity contribution is 0.0606. The van der Waals surface area contributed by atoms with Crippen LogP contribution in [0.4, 0.5) is 5.69 Å². The van der Waals surface area contributed by atoms with E-state index in [1.807, 2.05) is 0 Å². The zero-order chi connectivity index (χ0) is 10.8. The molecule has 0 aliphatic carbocycles. The van der Waals surface area contributed by atoms with Crippen molar-refractivity contribution in [3.8, 4) is 10.6 Å². The van der Waals surface area contributed by atoms with E-state index < -0.39 is 0 Å². The van der Waals surface area contributed by atoms with Crippen LogP contribution < -0.4 is 5.73 Å². The summed E-state index contributed by atoms with van der Waals surface area (Å²) in [6.07, 6.45) is 1.42. The molecule has 2 N–H and O–H groups in total. The fourth-order valence-electron chi connectivity index (χ4n) is 1.10. The Labute approximate surface area is 89.4 Å². The summed E-state index contributed by atoms with van der Waals surface area (Å²) in [7, 11) is 1.34. The summed E-state index contributed by atoms with van der Waals surface area (Å²) in [5.74, 6) is 0.111. The number of carbonyl (C=O) groups is 1. The summed E-state index contributed by atoms with van der Waals surface area (Å²) in [5, 5.41) is 3.56. The largest absolute Gasteiger partial charge is 0.465 e. The highest BCUT2D eigenvalue weighted by atomic mass is 32.1. The smallest absolute Gasteiger partial charge is 0.348 e. The van der Waals surface area contributed by atoms with Crippen molar-refractivity contribution in [2.75, 3.05) is 12.8 Å². The van der Waals surface area contributed by atoms with Crippen LogP contribution in [0.1, 0.15) is 9.67 Å². The molecule has 6 heteroatoms. The topological polar surface area (TPSA) is 78.3 Å². The van der Waals surface area contributed by atoms with Gasteiger partial charge >= 0.3 is 5.97 Å². The molecule has 0 saturated carbocycles. The molecule has 0 aliphatic heterocycles. The fourth-order valence-corrected chi connectivity index (χ4v) is 2.03. The number of anilines is 1. The molecule has 5 nitrogen and oxygen atoms in total. The molecule has 2 aromatic rings. The van der Waals surface area contributed by atoms with E-state index in [4.69, 9.17) is 10.3 Å². The molecule has 0 radical (unpaired) electrons. The highest BCUT2D eigenvalue weighted by Crippen LogP contribution is 2.32. The number of aromatic nitrogens is 1. The van der Waals surface area contributed by atoms with Gasteiger partial charge in [0.25, 0.3) is 0 Å². The Hall–Kier alpha value is -1.82. The van der Waals surface area contributed by atoms with Gasteiger partial charge in [-0.1, -0.05) is 5.16 Å². The molecule has 0 spiro atoms. The van der Waals surface area contributed by atoms with Crippen molar-refractivity contribution in [2.45, 2.75) is 0 Å². The lowest BCUT2D eigenvalue weighted by Gasteiger charge is -1.92. The number of methoxy groups -OCH3 is 1. The number of thiophene rings is 1. The number of nitrogen functional groups attached to an aromatic ring is 1. The zero-order valence-corrected chi connectivity index (χ0v) is 8.71. The number of hydrogen-bond donors (Lipinski definition) is 1. The lowest BCUT2D eigenvalue weighted by atomic mass is 10.3. The van der Waals surface area contributed by atoms with Gasteiger partial charge in [0, 0.05) is 0 Å². The first kappa shape index (κ1) is 9.72. The predicted molar refractivity (Wildman–Crippen MR) is 55.6 cm³/mol. The molecular weight excluding hydrogens is 216 g/mol. The Bertz CT molecular complexity index is 489. The second-order valence-electron chi connectivity index (χ2n) is 2.77. The van der Waals surface area contributed by atoms with Gasteiger partial charge in [-0.25, -0.2) is 4.79 Å². The molecule has 2 aromatic heterocycles. The van der Waals surface area contributed by atoms with E-state index in [0.29, 0.717) is 16.3 Å². The monoisotopic (exact) mass is 224 g/mol. The third-order valence-electron chi connectivity index (χ3n) is 1.81. The van der Waals surface area contributed by atoms with E-state index in [9.17, 15) is 4.79 Å². The van der Waals surface area contributed by atoms with Gasteiger partial charge in [0.2, 0.25) is 0 Å². The van der Waals surface area contributed by atoms with Crippen molar-refractivity contribution in [1.29, 1.82) is 0 Å². The average molecular weight is 224 g/mol. The van der Waals surface area contributed by atoms with Crippen molar-refractivity contribution < 1.29 is 14.1 Å². The maximum absolute atomic E-state index is 11.2. The van der Waals surface area contributed by atoms with Gasteiger partial charge in [-0.3, -0.25) is 0 Å². The number of nitrogens with zero attached hydrogens (tertiary/aromatic N) is 1. The maximum atomic E-state index is 11.2. The van der Waals surface area contributed by atoms with E-state index in [-0.39, 0.29) is 5.97 Å². The van der Waals surface area contributed by atoms with Crippen molar-refractivity contribution in [3.63, 3.8) is 0 Å². The van der Waals surface area contributed by atoms with Crippen molar-refractivity contribution in [3.05, 3.63) is 23.2 Å². The number of hydrogen-bond acceptors (Lipinski definition) is 6. The van der Waals surface area contributed by atoms with Gasteiger partial charge in [0.05, 0.1) is 18.2 Å². The molecule has 0 aromatic carbocycles. The fraction of sp³-hybridized carbons (Fsp3) is 0.111. The summed E-state index contributed by atoms with van der Waals surface area (Å²) in [4.78, 5) is 12.5. The highest BCUT2D eigenvalue weighted by molar-refractivity contribution is 7.17. The van der Waals surface area contributed by atoms with E-state index in [1.54, 1.807) is 12.1 Å².